The number of hydrogen-bond donors (Lipinski definition) is 1. The van der Waals surface area contributed by atoms with Crippen molar-refractivity contribution < 1.29 is 9.84 Å². The summed E-state index contributed by atoms with van der Waals surface area (Å²) in [6, 6.07) is 0. The summed E-state index contributed by atoms with van der Waals surface area (Å²) in [6.07, 6.45) is 0.640. The van der Waals surface area contributed by atoms with E-state index in [1.807, 2.05) is 20.8 Å². The highest BCUT2D eigenvalue weighted by Gasteiger charge is 2.27. The number of methoxy groups -OCH3 is 1. The average Bonchev–Trinajstić information content (AvgIpc) is 1.86. The predicted molar refractivity (Wildman–Crippen MR) is 37.1 cm³/mol. The van der Waals surface area contributed by atoms with Crippen LogP contribution in [0.1, 0.15) is 27.2 Å². The topological polar surface area (TPSA) is 29.5 Å². The Kier molecular flexibility index (Phi) is 3.15. The van der Waals surface area contributed by atoms with Crippen LogP contribution >= 0.6 is 0 Å². The minimum Gasteiger partial charge on any atom is -0.365 e. The highest BCUT2D eigenvalue weighted by atomic mass is 16.6. The highest BCUT2D eigenvalue weighted by Crippen LogP contribution is 2.20. The van der Waals surface area contributed by atoms with E-state index >= 15 is 0 Å². The van der Waals surface area contributed by atoms with Crippen LogP contribution < -0.4 is 0 Å². The first-order chi connectivity index (χ1) is 4.06. The van der Waals surface area contributed by atoms with Gasteiger partial charge in [-0.25, -0.2) is 0 Å². The smallest absolute Gasteiger partial charge is 0.167 e. The van der Waals surface area contributed by atoms with E-state index in [0.717, 1.165) is 0 Å². The molecule has 0 aromatic rings. The summed E-state index contributed by atoms with van der Waals surface area (Å²) in [4.78, 5) is 0. The van der Waals surface area contributed by atoms with Crippen LogP contribution in [0.5, 0.6) is 0 Å². The van der Waals surface area contributed by atoms with Crippen molar-refractivity contribution in [2.75, 3.05) is 7.11 Å². The molecule has 2 nitrogen and oxygen atoms in total. The van der Waals surface area contributed by atoms with Gasteiger partial charge in [0, 0.05) is 13.0 Å². The molecular weight excluding hydrogens is 116 g/mol. The number of aliphatic hydroxyl groups is 1. The number of hydrogen-bond acceptors (Lipinski definition) is 2. The second-order valence-electron chi connectivity index (χ2n) is 2.56. The first-order valence-electron chi connectivity index (χ1n) is 3.34. The molecule has 0 bridgehead atoms. The first-order valence-corrected chi connectivity index (χ1v) is 3.34. The fourth-order valence-electron chi connectivity index (χ4n) is 0.788. The van der Waals surface area contributed by atoms with Crippen molar-refractivity contribution in [3.05, 3.63) is 0 Å². The van der Waals surface area contributed by atoms with Crippen molar-refractivity contribution in [1.29, 1.82) is 0 Å². The molecule has 0 spiro atoms. The van der Waals surface area contributed by atoms with Gasteiger partial charge >= 0.3 is 0 Å². The van der Waals surface area contributed by atoms with Crippen LogP contribution in [-0.2, 0) is 4.74 Å². The van der Waals surface area contributed by atoms with Crippen molar-refractivity contribution in [3.63, 3.8) is 0 Å². The molecule has 9 heavy (non-hydrogen) atoms. The maximum absolute atomic E-state index is 9.48. The lowest BCUT2D eigenvalue weighted by molar-refractivity contribution is -0.215. The quantitative estimate of drug-likeness (QED) is 0.588. The van der Waals surface area contributed by atoms with E-state index in [1.165, 1.54) is 7.11 Å². The Labute approximate surface area is 56.8 Å². The fourth-order valence-corrected chi connectivity index (χ4v) is 0.788. The largest absolute Gasteiger partial charge is 0.365 e. The zero-order chi connectivity index (χ0) is 7.49. The van der Waals surface area contributed by atoms with Gasteiger partial charge in [0.2, 0.25) is 0 Å². The standard InChI is InChI=1S/C7H16O2/c1-5-7(8,9-4)6(2)3/h6,8H,5H2,1-4H3. The Morgan fingerprint density at radius 3 is 2.00 bits per heavy atom. The summed E-state index contributed by atoms with van der Waals surface area (Å²) in [6.45, 7) is 5.78. The molecule has 0 fully saturated rings. The molecule has 2 heteroatoms. The molecule has 56 valence electrons. The van der Waals surface area contributed by atoms with Crippen molar-refractivity contribution in [1.82, 2.24) is 0 Å². The third-order valence-electron chi connectivity index (χ3n) is 1.76. The lowest BCUT2D eigenvalue weighted by atomic mass is 10.0. The third-order valence-corrected chi connectivity index (χ3v) is 1.76. The van der Waals surface area contributed by atoms with Crippen LogP contribution in [0.3, 0.4) is 0 Å². The second kappa shape index (κ2) is 3.18. The van der Waals surface area contributed by atoms with Gasteiger partial charge in [-0.1, -0.05) is 20.8 Å². The average molecular weight is 132 g/mol. The molecular formula is C7H16O2. The Morgan fingerprint density at radius 2 is 2.00 bits per heavy atom. The lowest BCUT2D eigenvalue weighted by Gasteiger charge is -2.28. The molecule has 0 aromatic heterocycles. The van der Waals surface area contributed by atoms with Crippen LogP contribution in [0.25, 0.3) is 0 Å². The maximum Gasteiger partial charge on any atom is 0.167 e. The van der Waals surface area contributed by atoms with E-state index in [1.54, 1.807) is 0 Å². The van der Waals surface area contributed by atoms with Gasteiger partial charge in [-0.2, -0.15) is 0 Å². The van der Waals surface area contributed by atoms with E-state index in [4.69, 9.17) is 4.74 Å². The molecule has 0 rings (SSSR count). The molecule has 0 amide bonds. The summed E-state index contributed by atoms with van der Waals surface area (Å²) >= 11 is 0. The molecule has 0 aliphatic heterocycles. The van der Waals surface area contributed by atoms with Gasteiger partial charge in [-0.15, -0.1) is 0 Å². The Morgan fingerprint density at radius 1 is 1.56 bits per heavy atom. The molecule has 1 N–H and O–H groups in total. The van der Waals surface area contributed by atoms with Crippen molar-refractivity contribution in [3.8, 4) is 0 Å². The molecule has 1 atom stereocenters. The minimum absolute atomic E-state index is 0.160. The van der Waals surface area contributed by atoms with Gasteiger partial charge in [0.05, 0.1) is 0 Å². The molecule has 0 aliphatic rings. The summed E-state index contributed by atoms with van der Waals surface area (Å²) in [5.41, 5.74) is 0. The molecule has 0 aromatic carbocycles. The van der Waals surface area contributed by atoms with Crippen molar-refractivity contribution in [2.24, 2.45) is 5.92 Å². The Hall–Kier alpha value is -0.0800. The van der Waals surface area contributed by atoms with E-state index in [2.05, 4.69) is 0 Å². The zero-order valence-electron chi connectivity index (χ0n) is 6.64. The summed E-state index contributed by atoms with van der Waals surface area (Å²) in [5.74, 6) is -0.757. The zero-order valence-corrected chi connectivity index (χ0v) is 6.64. The number of ether oxygens (including phenoxy) is 1. The van der Waals surface area contributed by atoms with E-state index < -0.39 is 5.79 Å². The molecule has 0 aliphatic carbocycles. The molecule has 1 unspecified atom stereocenters. The Balaban J connectivity index is 3.92. The Bertz CT molecular complexity index is 75.0. The first kappa shape index (κ1) is 8.92. The molecule has 0 heterocycles. The predicted octanol–water partition coefficient (Wildman–Crippen LogP) is 1.39. The molecule has 0 saturated heterocycles. The van der Waals surface area contributed by atoms with E-state index in [9.17, 15) is 5.11 Å². The molecule has 0 saturated carbocycles. The van der Waals surface area contributed by atoms with Crippen LogP contribution in [-0.4, -0.2) is 18.0 Å². The summed E-state index contributed by atoms with van der Waals surface area (Å²) in [5, 5.41) is 9.48. The van der Waals surface area contributed by atoms with Crippen LogP contribution in [0.4, 0.5) is 0 Å². The van der Waals surface area contributed by atoms with Gasteiger partial charge in [-0.3, -0.25) is 0 Å². The van der Waals surface area contributed by atoms with Gasteiger partial charge < -0.3 is 9.84 Å². The summed E-state index contributed by atoms with van der Waals surface area (Å²) < 4.78 is 4.90. The van der Waals surface area contributed by atoms with Gasteiger partial charge in [0.1, 0.15) is 0 Å². The van der Waals surface area contributed by atoms with Crippen LogP contribution in [0.15, 0.2) is 0 Å². The maximum atomic E-state index is 9.48. The fraction of sp³-hybridized carbons (Fsp3) is 1.00. The van der Waals surface area contributed by atoms with Crippen molar-refractivity contribution >= 4 is 0 Å². The SMILES string of the molecule is CCC(O)(OC)C(C)C. The monoisotopic (exact) mass is 132 g/mol. The highest BCUT2D eigenvalue weighted by molar-refractivity contribution is 4.67. The van der Waals surface area contributed by atoms with E-state index in [0.29, 0.717) is 6.42 Å². The van der Waals surface area contributed by atoms with Crippen molar-refractivity contribution in [2.45, 2.75) is 33.0 Å². The van der Waals surface area contributed by atoms with Crippen LogP contribution in [0, 0.1) is 5.92 Å². The summed E-state index contributed by atoms with van der Waals surface area (Å²) in [7, 11) is 1.53. The second-order valence-corrected chi connectivity index (χ2v) is 2.56. The molecule has 0 radical (unpaired) electrons. The van der Waals surface area contributed by atoms with E-state index in [-0.39, 0.29) is 5.92 Å². The lowest BCUT2D eigenvalue weighted by Crippen LogP contribution is -2.35. The van der Waals surface area contributed by atoms with Gasteiger partial charge in [0.15, 0.2) is 5.79 Å². The normalized spacial score (nSPS) is 18.0. The number of rotatable bonds is 3. The van der Waals surface area contributed by atoms with Gasteiger partial charge in [0.25, 0.3) is 0 Å². The minimum atomic E-state index is -0.917. The van der Waals surface area contributed by atoms with Crippen LogP contribution in [0.2, 0.25) is 0 Å². The van der Waals surface area contributed by atoms with Gasteiger partial charge in [-0.05, 0) is 6.42 Å². The third kappa shape index (κ3) is 1.95.